The Bertz CT molecular complexity index is 766. The lowest BCUT2D eigenvalue weighted by Gasteiger charge is -2.12. The van der Waals surface area contributed by atoms with Crippen molar-refractivity contribution in [2.24, 2.45) is 0 Å². The van der Waals surface area contributed by atoms with Gasteiger partial charge in [-0.15, -0.1) is 0 Å². The molecule has 0 spiro atoms. The molecule has 0 saturated heterocycles. The van der Waals surface area contributed by atoms with Gasteiger partial charge in [-0.05, 0) is 70.1 Å². The van der Waals surface area contributed by atoms with Crippen LogP contribution in [0.1, 0.15) is 50.3 Å². The fraction of sp³-hybridized carbons (Fsp3) is 0.333. The van der Waals surface area contributed by atoms with Crippen LogP contribution in [0.2, 0.25) is 0 Å². The second kappa shape index (κ2) is 9.86. The molecule has 2 aromatic carbocycles. The minimum absolute atomic E-state index is 0.124. The van der Waals surface area contributed by atoms with E-state index in [4.69, 9.17) is 0 Å². The molecular weight excluding hydrogens is 320 g/mol. The fourth-order valence-electron chi connectivity index (χ4n) is 3.05. The number of phenols is 2. The fourth-order valence-corrected chi connectivity index (χ4v) is 3.05. The molecule has 2 aromatic rings. The average molecular weight is 351 g/mol. The van der Waals surface area contributed by atoms with Gasteiger partial charge in [0.15, 0.2) is 0 Å². The van der Waals surface area contributed by atoms with E-state index in [1.807, 2.05) is 18.2 Å². The minimum atomic E-state index is 0.124. The topological polar surface area (TPSA) is 40.5 Å². The Morgan fingerprint density at radius 3 is 2.35 bits per heavy atom. The van der Waals surface area contributed by atoms with E-state index in [9.17, 15) is 10.2 Å². The predicted molar refractivity (Wildman–Crippen MR) is 110 cm³/mol. The molecule has 2 nitrogen and oxygen atoms in total. The number of aromatic hydroxyl groups is 2. The maximum atomic E-state index is 10.3. The van der Waals surface area contributed by atoms with Gasteiger partial charge in [-0.3, -0.25) is 0 Å². The highest BCUT2D eigenvalue weighted by molar-refractivity contribution is 5.46. The zero-order valence-corrected chi connectivity index (χ0v) is 16.1. The molecule has 2 N–H and O–H groups in total. The molecule has 0 amide bonds. The van der Waals surface area contributed by atoms with Gasteiger partial charge in [0.25, 0.3) is 0 Å². The summed E-state index contributed by atoms with van der Waals surface area (Å²) >= 11 is 0. The van der Waals surface area contributed by atoms with Crippen molar-refractivity contribution in [2.75, 3.05) is 0 Å². The third-order valence-corrected chi connectivity index (χ3v) is 4.58. The van der Waals surface area contributed by atoms with Gasteiger partial charge in [-0.2, -0.15) is 0 Å². The molecule has 0 aliphatic heterocycles. The molecule has 0 saturated carbocycles. The average Bonchev–Trinajstić information content (AvgIpc) is 2.59. The van der Waals surface area contributed by atoms with Crippen LogP contribution in [0, 0.1) is 0 Å². The molecule has 0 unspecified atom stereocenters. The molecule has 0 atom stereocenters. The van der Waals surface area contributed by atoms with Crippen molar-refractivity contribution in [1.82, 2.24) is 0 Å². The molecule has 0 radical (unpaired) electrons. The van der Waals surface area contributed by atoms with Gasteiger partial charge in [0, 0.05) is 11.6 Å². The molecule has 0 aliphatic rings. The highest BCUT2D eigenvalue weighted by Crippen LogP contribution is 2.29. The van der Waals surface area contributed by atoms with Crippen LogP contribution in [-0.4, -0.2) is 10.2 Å². The zero-order valence-electron chi connectivity index (χ0n) is 16.1. The second-order valence-electron chi connectivity index (χ2n) is 7.16. The minimum Gasteiger partial charge on any atom is -0.508 e. The lowest BCUT2D eigenvalue weighted by Crippen LogP contribution is -1.98. The van der Waals surface area contributed by atoms with Crippen LogP contribution in [0.3, 0.4) is 0 Å². The van der Waals surface area contributed by atoms with E-state index in [1.54, 1.807) is 6.07 Å². The molecule has 2 heteroatoms. The first-order valence-electron chi connectivity index (χ1n) is 9.32. The number of phenolic OH excluding ortho intramolecular Hbond substituents is 2. The van der Waals surface area contributed by atoms with Crippen molar-refractivity contribution < 1.29 is 10.2 Å². The molecular formula is C24H30O2. The van der Waals surface area contributed by atoms with Gasteiger partial charge in [0.05, 0.1) is 0 Å². The number of benzene rings is 2. The van der Waals surface area contributed by atoms with Crippen LogP contribution in [-0.2, 0) is 19.3 Å². The second-order valence-corrected chi connectivity index (χ2v) is 7.16. The molecule has 138 valence electrons. The molecule has 0 fully saturated rings. The Hall–Kier alpha value is -2.48. The van der Waals surface area contributed by atoms with E-state index in [2.05, 4.69) is 45.1 Å². The number of hydrogen-bond acceptors (Lipinski definition) is 2. The molecule has 0 heterocycles. The summed E-state index contributed by atoms with van der Waals surface area (Å²) in [4.78, 5) is 0. The van der Waals surface area contributed by atoms with Crippen molar-refractivity contribution in [3.8, 4) is 11.5 Å². The highest BCUT2D eigenvalue weighted by Gasteiger charge is 2.10. The Morgan fingerprint density at radius 1 is 0.923 bits per heavy atom. The Kier molecular flexibility index (Phi) is 7.53. The van der Waals surface area contributed by atoms with Crippen LogP contribution in [0.4, 0.5) is 0 Å². The largest absolute Gasteiger partial charge is 0.508 e. The van der Waals surface area contributed by atoms with Crippen LogP contribution in [0.5, 0.6) is 11.5 Å². The summed E-state index contributed by atoms with van der Waals surface area (Å²) in [5, 5.41) is 20.2. The summed E-state index contributed by atoms with van der Waals surface area (Å²) in [6, 6.07) is 13.5. The summed E-state index contributed by atoms with van der Waals surface area (Å²) in [6.45, 7) is 6.37. The maximum absolute atomic E-state index is 10.3. The summed E-state index contributed by atoms with van der Waals surface area (Å²) < 4.78 is 0. The lowest BCUT2D eigenvalue weighted by molar-refractivity contribution is 0.445. The third kappa shape index (κ3) is 6.44. The SMILES string of the molecule is CC(C)=CCC/C(C)=C\Cc1c(O)cc(O)cc1CCc1ccccc1. The predicted octanol–water partition coefficient (Wildman–Crippen LogP) is 6.12. The van der Waals surface area contributed by atoms with E-state index in [0.717, 1.165) is 36.8 Å². The summed E-state index contributed by atoms with van der Waals surface area (Å²) in [6.07, 6.45) is 8.90. The first-order valence-corrected chi connectivity index (χ1v) is 9.32. The van der Waals surface area contributed by atoms with E-state index in [1.165, 1.54) is 22.8 Å². The van der Waals surface area contributed by atoms with Gasteiger partial charge in [0.1, 0.15) is 11.5 Å². The number of rotatable bonds is 8. The van der Waals surface area contributed by atoms with Gasteiger partial charge in [-0.25, -0.2) is 0 Å². The van der Waals surface area contributed by atoms with Crippen molar-refractivity contribution in [1.29, 1.82) is 0 Å². The smallest absolute Gasteiger partial charge is 0.123 e. The Balaban J connectivity index is 2.10. The molecule has 0 aromatic heterocycles. The lowest BCUT2D eigenvalue weighted by atomic mass is 9.95. The van der Waals surface area contributed by atoms with E-state index >= 15 is 0 Å². The molecule has 0 aliphatic carbocycles. The van der Waals surface area contributed by atoms with Crippen LogP contribution in [0.25, 0.3) is 0 Å². The summed E-state index contributed by atoms with van der Waals surface area (Å²) in [5.41, 5.74) is 5.86. The monoisotopic (exact) mass is 350 g/mol. The highest BCUT2D eigenvalue weighted by atomic mass is 16.3. The third-order valence-electron chi connectivity index (χ3n) is 4.58. The molecule has 26 heavy (non-hydrogen) atoms. The van der Waals surface area contributed by atoms with E-state index < -0.39 is 0 Å². The van der Waals surface area contributed by atoms with Crippen molar-refractivity contribution in [3.05, 3.63) is 82.5 Å². The van der Waals surface area contributed by atoms with Gasteiger partial charge in [-0.1, -0.05) is 53.6 Å². The van der Waals surface area contributed by atoms with E-state index in [0.29, 0.717) is 6.42 Å². The molecule has 2 rings (SSSR count). The van der Waals surface area contributed by atoms with Crippen molar-refractivity contribution in [2.45, 2.75) is 52.9 Å². The van der Waals surface area contributed by atoms with Gasteiger partial charge >= 0.3 is 0 Å². The Morgan fingerprint density at radius 2 is 1.65 bits per heavy atom. The normalized spacial score (nSPS) is 11.4. The first kappa shape index (κ1) is 19.8. The van der Waals surface area contributed by atoms with Gasteiger partial charge < -0.3 is 10.2 Å². The van der Waals surface area contributed by atoms with Crippen LogP contribution >= 0.6 is 0 Å². The zero-order chi connectivity index (χ0) is 18.9. The summed E-state index contributed by atoms with van der Waals surface area (Å²) in [7, 11) is 0. The number of allylic oxidation sites excluding steroid dienone is 4. The van der Waals surface area contributed by atoms with Crippen LogP contribution < -0.4 is 0 Å². The van der Waals surface area contributed by atoms with Crippen molar-refractivity contribution >= 4 is 0 Å². The summed E-state index contributed by atoms with van der Waals surface area (Å²) in [5.74, 6) is 0.306. The number of hydrogen-bond donors (Lipinski definition) is 2. The number of aryl methyl sites for hydroxylation is 2. The first-order chi connectivity index (χ1) is 12.5. The van der Waals surface area contributed by atoms with Crippen molar-refractivity contribution in [3.63, 3.8) is 0 Å². The van der Waals surface area contributed by atoms with E-state index in [-0.39, 0.29) is 11.5 Å². The van der Waals surface area contributed by atoms with Crippen LogP contribution in [0.15, 0.2) is 65.8 Å². The maximum Gasteiger partial charge on any atom is 0.123 e. The quantitative estimate of drug-likeness (QED) is 0.563. The van der Waals surface area contributed by atoms with Gasteiger partial charge in [0.2, 0.25) is 0 Å². The molecule has 0 bridgehead atoms. The standard InChI is InChI=1S/C24H30O2/c1-18(2)8-7-9-19(3)12-15-23-21(16-22(25)17-24(23)26)14-13-20-10-5-4-6-11-20/h4-6,8,10-12,16-17,25-26H,7,9,13-15H2,1-3H3/b19-12-. The Labute approximate surface area is 157 Å².